The maximum atomic E-state index is 12.9. The molecule has 0 saturated heterocycles. The summed E-state index contributed by atoms with van der Waals surface area (Å²) in [5.41, 5.74) is 0. The smallest absolute Gasteiger partial charge is 0.306 e. The average Bonchev–Trinajstić information content (AvgIpc) is 3.42. The van der Waals surface area contributed by atoms with Gasteiger partial charge in [0.25, 0.3) is 0 Å². The number of esters is 3. The molecule has 0 aliphatic carbocycles. The number of carbonyl (C=O) groups is 3. The highest BCUT2D eigenvalue weighted by molar-refractivity contribution is 5.71. The zero-order valence-corrected chi connectivity index (χ0v) is 49.0. The Hall–Kier alpha value is -4.71. The van der Waals surface area contributed by atoms with Crippen LogP contribution in [0, 0.1) is 0 Å². The third-order valence-electron chi connectivity index (χ3n) is 12.6. The lowest BCUT2D eigenvalue weighted by Crippen LogP contribution is -2.30. The number of allylic oxidation sites excluding steroid dienone is 24. The van der Waals surface area contributed by atoms with Gasteiger partial charge in [-0.25, -0.2) is 0 Å². The van der Waals surface area contributed by atoms with Crippen LogP contribution in [-0.2, 0) is 28.6 Å². The van der Waals surface area contributed by atoms with Gasteiger partial charge in [0, 0.05) is 19.3 Å². The van der Waals surface area contributed by atoms with Crippen LogP contribution >= 0.6 is 0 Å². The topological polar surface area (TPSA) is 78.9 Å². The van der Waals surface area contributed by atoms with Crippen molar-refractivity contribution in [1.82, 2.24) is 0 Å². The monoisotopic (exact) mass is 1050 g/mol. The van der Waals surface area contributed by atoms with E-state index in [2.05, 4.69) is 154 Å². The summed E-state index contributed by atoms with van der Waals surface area (Å²) in [4.78, 5) is 38.2. The number of rotatable bonds is 54. The third kappa shape index (κ3) is 60.2. The Balaban J connectivity index is 4.50. The van der Waals surface area contributed by atoms with Gasteiger partial charge in [-0.1, -0.05) is 276 Å². The van der Waals surface area contributed by atoms with Crippen molar-refractivity contribution in [1.29, 1.82) is 0 Å². The van der Waals surface area contributed by atoms with Crippen LogP contribution in [0.25, 0.3) is 0 Å². The molecule has 0 aliphatic heterocycles. The van der Waals surface area contributed by atoms with Gasteiger partial charge in [-0.05, 0) is 109 Å². The van der Waals surface area contributed by atoms with Crippen LogP contribution < -0.4 is 0 Å². The molecule has 1 atom stereocenters. The Bertz CT molecular complexity index is 1680. The third-order valence-corrected chi connectivity index (χ3v) is 12.6. The van der Waals surface area contributed by atoms with Crippen LogP contribution in [0.3, 0.4) is 0 Å². The van der Waals surface area contributed by atoms with Gasteiger partial charge >= 0.3 is 17.9 Å². The molecular weight excluding hydrogens is 937 g/mol. The molecule has 0 spiro atoms. The van der Waals surface area contributed by atoms with E-state index >= 15 is 0 Å². The summed E-state index contributed by atoms with van der Waals surface area (Å²) in [6.07, 6.45) is 90.0. The normalized spacial score (nSPS) is 13.1. The van der Waals surface area contributed by atoms with E-state index in [1.807, 2.05) is 12.2 Å². The zero-order valence-electron chi connectivity index (χ0n) is 49.0. The number of unbranched alkanes of at least 4 members (excludes halogenated alkanes) is 19. The highest BCUT2D eigenvalue weighted by atomic mass is 16.6. The Labute approximate surface area is 467 Å². The van der Waals surface area contributed by atoms with E-state index in [-0.39, 0.29) is 31.6 Å². The van der Waals surface area contributed by atoms with Gasteiger partial charge in [-0.15, -0.1) is 0 Å². The zero-order chi connectivity index (χ0) is 55.0. The van der Waals surface area contributed by atoms with Crippen molar-refractivity contribution in [3.05, 3.63) is 146 Å². The van der Waals surface area contributed by atoms with Crippen LogP contribution in [0.4, 0.5) is 0 Å². The second-order valence-corrected chi connectivity index (χ2v) is 19.9. The molecule has 0 N–H and O–H groups in total. The van der Waals surface area contributed by atoms with Gasteiger partial charge in [0.15, 0.2) is 6.10 Å². The van der Waals surface area contributed by atoms with E-state index in [4.69, 9.17) is 14.2 Å². The Morgan fingerprint density at radius 1 is 0.276 bits per heavy atom. The van der Waals surface area contributed by atoms with E-state index in [1.54, 1.807) is 0 Å². The summed E-state index contributed by atoms with van der Waals surface area (Å²) in [5.74, 6) is -1.02. The predicted octanol–water partition coefficient (Wildman–Crippen LogP) is 21.2. The summed E-state index contributed by atoms with van der Waals surface area (Å²) in [7, 11) is 0. The Morgan fingerprint density at radius 3 is 0.855 bits per heavy atom. The van der Waals surface area contributed by atoms with Crippen molar-refractivity contribution >= 4 is 17.9 Å². The van der Waals surface area contributed by atoms with E-state index < -0.39 is 12.1 Å². The maximum absolute atomic E-state index is 12.9. The summed E-state index contributed by atoms with van der Waals surface area (Å²) in [6.45, 7) is 6.34. The fourth-order valence-corrected chi connectivity index (χ4v) is 8.06. The number of carbonyl (C=O) groups excluding carboxylic acids is 3. The van der Waals surface area contributed by atoms with Gasteiger partial charge < -0.3 is 14.2 Å². The van der Waals surface area contributed by atoms with Crippen molar-refractivity contribution in [2.45, 2.75) is 264 Å². The lowest BCUT2D eigenvalue weighted by atomic mass is 10.0. The number of hydrogen-bond acceptors (Lipinski definition) is 6. The van der Waals surface area contributed by atoms with Gasteiger partial charge in [0.05, 0.1) is 0 Å². The molecule has 0 rings (SSSR count). The lowest BCUT2D eigenvalue weighted by Gasteiger charge is -2.18. The highest BCUT2D eigenvalue weighted by Crippen LogP contribution is 2.15. The molecule has 0 bridgehead atoms. The molecule has 0 radical (unpaired) electrons. The van der Waals surface area contributed by atoms with E-state index in [0.29, 0.717) is 19.3 Å². The van der Waals surface area contributed by atoms with Gasteiger partial charge in [0.2, 0.25) is 0 Å². The summed E-state index contributed by atoms with van der Waals surface area (Å²) < 4.78 is 16.8. The number of ether oxygens (including phenoxy) is 3. The molecule has 0 heterocycles. The predicted molar refractivity (Wildman–Crippen MR) is 329 cm³/mol. The van der Waals surface area contributed by atoms with Crippen LogP contribution in [0.15, 0.2) is 146 Å². The SMILES string of the molecule is CC/C=C\C/C=C\C/C=C\C/C=C\C/C=C\C/C=C\CCCCCCCCC(=O)OCC(COC(=O)CCCCCCCCCCCCCCCC)OC(=O)CC/C=C\C/C=C\C/C=C\C/C=C\C/C=C\C/C=C\CC. The molecule has 0 fully saturated rings. The maximum Gasteiger partial charge on any atom is 0.306 e. The molecule has 0 aromatic heterocycles. The van der Waals surface area contributed by atoms with E-state index in [1.165, 1.54) is 83.5 Å². The first kappa shape index (κ1) is 71.3. The molecule has 76 heavy (non-hydrogen) atoms. The van der Waals surface area contributed by atoms with E-state index in [0.717, 1.165) is 128 Å². The fraction of sp³-hybridized carbons (Fsp3) is 0.614. The first-order valence-electron chi connectivity index (χ1n) is 30.8. The summed E-state index contributed by atoms with van der Waals surface area (Å²) in [6, 6.07) is 0. The van der Waals surface area contributed by atoms with Gasteiger partial charge in [0.1, 0.15) is 13.2 Å². The van der Waals surface area contributed by atoms with Crippen LogP contribution in [0.2, 0.25) is 0 Å². The molecule has 6 heteroatoms. The molecule has 0 aliphatic rings. The lowest BCUT2D eigenvalue weighted by molar-refractivity contribution is -0.166. The van der Waals surface area contributed by atoms with Crippen LogP contribution in [-0.4, -0.2) is 37.2 Å². The van der Waals surface area contributed by atoms with Crippen molar-refractivity contribution in [2.24, 2.45) is 0 Å². The molecule has 0 saturated carbocycles. The second kappa shape index (κ2) is 62.8. The molecular formula is C70H112O6. The van der Waals surface area contributed by atoms with Crippen molar-refractivity contribution in [3.8, 4) is 0 Å². The molecule has 1 unspecified atom stereocenters. The van der Waals surface area contributed by atoms with Crippen LogP contribution in [0.1, 0.15) is 258 Å². The average molecular weight is 1050 g/mol. The van der Waals surface area contributed by atoms with E-state index in [9.17, 15) is 14.4 Å². The Kier molecular flexibility index (Phi) is 58.9. The fourth-order valence-electron chi connectivity index (χ4n) is 8.06. The summed E-state index contributed by atoms with van der Waals surface area (Å²) >= 11 is 0. The summed E-state index contributed by atoms with van der Waals surface area (Å²) in [5, 5.41) is 0. The van der Waals surface area contributed by atoms with Crippen LogP contribution in [0.5, 0.6) is 0 Å². The van der Waals surface area contributed by atoms with Crippen molar-refractivity contribution in [2.75, 3.05) is 13.2 Å². The largest absolute Gasteiger partial charge is 0.462 e. The van der Waals surface area contributed by atoms with Gasteiger partial charge in [-0.2, -0.15) is 0 Å². The van der Waals surface area contributed by atoms with Crippen molar-refractivity contribution < 1.29 is 28.6 Å². The first-order chi connectivity index (χ1) is 37.5. The quantitative estimate of drug-likeness (QED) is 0.0261. The minimum absolute atomic E-state index is 0.116. The second-order valence-electron chi connectivity index (χ2n) is 19.9. The highest BCUT2D eigenvalue weighted by Gasteiger charge is 2.19. The molecule has 0 aromatic rings. The first-order valence-corrected chi connectivity index (χ1v) is 30.8. The molecule has 0 amide bonds. The minimum Gasteiger partial charge on any atom is -0.462 e. The molecule has 428 valence electrons. The number of hydrogen-bond donors (Lipinski definition) is 0. The van der Waals surface area contributed by atoms with Crippen molar-refractivity contribution in [3.63, 3.8) is 0 Å². The Morgan fingerprint density at radius 2 is 0.539 bits per heavy atom. The molecule has 6 nitrogen and oxygen atoms in total. The molecule has 0 aromatic carbocycles. The minimum atomic E-state index is -0.830. The van der Waals surface area contributed by atoms with Gasteiger partial charge in [-0.3, -0.25) is 14.4 Å². The standard InChI is InChI=1S/C70H112O6/c1-4-7-10-13-16-19-22-25-28-30-32-33-34-35-36-37-39-40-42-45-48-51-54-57-60-63-69(72)75-66-67(65-74-68(71)62-59-56-53-50-47-44-27-24-21-18-15-12-9-6-3)76-70(73)64-61-58-55-52-49-46-43-41-38-31-29-26-23-20-17-14-11-8-5-2/h7-8,10-11,16-17,19-20,25-26,28-29,32-33,35-36,38-41,46,49,55,58,67H,4-6,9,12-15,18,21-24,27,30-31,34,37,42-45,47-48,50-54,56-57,59-66H2,1-3H3/b10-7-,11-8-,19-16-,20-17-,28-25-,29-26-,33-32-,36-35-,40-39-,41-38-,49-46-,58-55-.